The fourth-order valence-electron chi connectivity index (χ4n) is 11.8. The lowest BCUT2D eigenvalue weighted by atomic mass is 9.93. The first-order valence-electron chi connectivity index (χ1n) is 29.3. The minimum atomic E-state index is 1.06. The molecule has 0 aromatic heterocycles. The minimum Gasteiger partial charge on any atom is -0.311 e. The number of hydrogen-bond donors (Lipinski definition) is 0. The van der Waals surface area contributed by atoms with Crippen LogP contribution < -0.4 is 19.6 Å². The van der Waals surface area contributed by atoms with Crippen LogP contribution in [0.2, 0.25) is 0 Å². The van der Waals surface area contributed by atoms with Gasteiger partial charge in [-0.1, -0.05) is 231 Å². The molecule has 0 fully saturated rings. The van der Waals surface area contributed by atoms with Gasteiger partial charge in [0.15, 0.2) is 0 Å². The molecule has 0 spiro atoms. The average Bonchev–Trinajstić information content (AvgIpc) is 0.772. The molecule has 0 aliphatic carbocycles. The predicted molar refractivity (Wildman–Crippen MR) is 368 cm³/mol. The van der Waals surface area contributed by atoms with Gasteiger partial charge in [0.25, 0.3) is 0 Å². The van der Waals surface area contributed by atoms with E-state index >= 15 is 0 Å². The maximum atomic E-state index is 2.45. The molecule has 0 saturated carbocycles. The summed E-state index contributed by atoms with van der Waals surface area (Å²) in [7, 11) is 0. The molecule has 86 heavy (non-hydrogen) atoms. The number of hydrogen-bond acceptors (Lipinski definition) is 4. The number of para-hydroxylation sites is 6. The third-order valence-corrected chi connectivity index (χ3v) is 15.9. The Bertz CT molecular complexity index is 4250. The summed E-state index contributed by atoms with van der Waals surface area (Å²) in [5.41, 5.74) is 17.7. The molecular formula is C82H60N4. The third-order valence-electron chi connectivity index (χ3n) is 15.9. The van der Waals surface area contributed by atoms with Gasteiger partial charge in [0.1, 0.15) is 0 Å². The molecular weight excluding hydrogens is 1040 g/mol. The Labute approximate surface area is 503 Å². The summed E-state index contributed by atoms with van der Waals surface area (Å²) in [6, 6.07) is 122. The highest BCUT2D eigenvalue weighted by Gasteiger charge is 2.26. The van der Waals surface area contributed by atoms with Gasteiger partial charge in [0, 0.05) is 78.4 Å². The Morgan fingerprint density at radius 1 is 0.163 bits per heavy atom. The maximum absolute atomic E-state index is 2.45. The highest BCUT2D eigenvalue weighted by Crippen LogP contribution is 2.52. The fraction of sp³-hybridized carbons (Fsp3) is 0. The van der Waals surface area contributed by atoms with E-state index in [1.165, 1.54) is 10.8 Å². The summed E-state index contributed by atoms with van der Waals surface area (Å²) in [5, 5.41) is 6.93. The van der Waals surface area contributed by atoms with E-state index in [2.05, 4.69) is 384 Å². The number of fused-ring (bicyclic) bond motifs is 3. The van der Waals surface area contributed by atoms with Gasteiger partial charge in [-0.2, -0.15) is 0 Å². The van der Waals surface area contributed by atoms with Crippen LogP contribution in [-0.2, 0) is 0 Å². The second-order valence-electron chi connectivity index (χ2n) is 21.4. The highest BCUT2D eigenvalue weighted by atomic mass is 15.2. The standard InChI is InChI=1S/C82H60N4/c1-7-25-67(26-8-1)83(68-27-9-2-10-28-68)73-51-43-61(44-52-73)39-41-63-47-55-75(56-48-63)85(71-33-15-5-16-34-71)81-77-37-21-22-38-78(77)82(80-60-66-24-20-19-23-65(66)59-79(80)81)86(72-35-17-6-18-36-72)76-57-49-64(50-58-76)42-40-62-45-53-74(54-46-62)84(69-29-11-3-12-30-69)70-31-13-4-14-32-70/h1-60H/b41-39+,42-40+. The van der Waals surface area contributed by atoms with Crippen LogP contribution in [0.25, 0.3) is 56.6 Å². The first-order valence-corrected chi connectivity index (χ1v) is 29.3. The van der Waals surface area contributed by atoms with E-state index in [0.29, 0.717) is 0 Å². The van der Waals surface area contributed by atoms with Gasteiger partial charge >= 0.3 is 0 Å². The Kier molecular flexibility index (Phi) is 14.8. The zero-order valence-electron chi connectivity index (χ0n) is 47.4. The van der Waals surface area contributed by atoms with Crippen LogP contribution in [0.15, 0.2) is 340 Å². The molecule has 14 rings (SSSR count). The van der Waals surface area contributed by atoms with Crippen LogP contribution in [-0.4, -0.2) is 0 Å². The van der Waals surface area contributed by atoms with Crippen molar-refractivity contribution in [1.29, 1.82) is 0 Å². The largest absolute Gasteiger partial charge is 0.311 e. The van der Waals surface area contributed by atoms with E-state index in [1.807, 2.05) is 0 Å². The van der Waals surface area contributed by atoms with Gasteiger partial charge in [-0.3, -0.25) is 0 Å². The molecule has 0 atom stereocenters. The third kappa shape index (κ3) is 10.9. The van der Waals surface area contributed by atoms with Crippen molar-refractivity contribution < 1.29 is 0 Å². The van der Waals surface area contributed by atoms with E-state index in [-0.39, 0.29) is 0 Å². The second kappa shape index (κ2) is 24.2. The van der Waals surface area contributed by atoms with Gasteiger partial charge in [-0.15, -0.1) is 0 Å². The van der Waals surface area contributed by atoms with Gasteiger partial charge < -0.3 is 19.6 Å². The monoisotopic (exact) mass is 1100 g/mol. The summed E-state index contributed by atoms with van der Waals surface area (Å²) < 4.78 is 0. The van der Waals surface area contributed by atoms with Crippen LogP contribution in [0.1, 0.15) is 22.3 Å². The van der Waals surface area contributed by atoms with Crippen molar-refractivity contribution >= 4 is 125 Å². The van der Waals surface area contributed by atoms with Crippen LogP contribution in [0.5, 0.6) is 0 Å². The van der Waals surface area contributed by atoms with Gasteiger partial charge in [0.05, 0.1) is 11.4 Å². The molecule has 0 bridgehead atoms. The molecule has 0 heterocycles. The van der Waals surface area contributed by atoms with Gasteiger partial charge in [0.2, 0.25) is 0 Å². The number of nitrogens with zero attached hydrogens (tertiary/aromatic N) is 4. The normalized spacial score (nSPS) is 11.4. The van der Waals surface area contributed by atoms with Crippen molar-refractivity contribution in [1.82, 2.24) is 0 Å². The zero-order chi connectivity index (χ0) is 57.4. The molecule has 0 radical (unpaired) electrons. The first-order chi connectivity index (χ1) is 42.7. The molecule has 0 saturated heterocycles. The maximum Gasteiger partial charge on any atom is 0.0620 e. The van der Waals surface area contributed by atoms with Crippen molar-refractivity contribution in [3.8, 4) is 0 Å². The van der Waals surface area contributed by atoms with E-state index in [9.17, 15) is 0 Å². The highest BCUT2D eigenvalue weighted by molar-refractivity contribution is 6.25. The predicted octanol–water partition coefficient (Wildman–Crippen LogP) is 23.4. The molecule has 0 unspecified atom stereocenters. The Hall–Kier alpha value is -11.5. The molecule has 0 aliphatic heterocycles. The van der Waals surface area contributed by atoms with E-state index in [4.69, 9.17) is 0 Å². The number of benzene rings is 14. The SMILES string of the molecule is C(=C\c1ccc(N(c2ccccc2)c2c3ccccc3c(N(c3ccccc3)c3ccc(/C=C/c4ccc(N(c5ccccc5)c5ccccc5)cc4)cc3)c3cc4ccccc4cc23)cc1)/c1ccc(N(c2ccccc2)c2ccccc2)cc1. The first kappa shape index (κ1) is 52.6. The number of rotatable bonds is 16. The van der Waals surface area contributed by atoms with Crippen LogP contribution in [0.4, 0.5) is 68.2 Å². The molecule has 4 heteroatoms. The minimum absolute atomic E-state index is 1.06. The Balaban J connectivity index is 0.823. The van der Waals surface area contributed by atoms with Crippen molar-refractivity contribution in [3.63, 3.8) is 0 Å². The van der Waals surface area contributed by atoms with Crippen molar-refractivity contribution in [2.45, 2.75) is 0 Å². The number of anilines is 12. The smallest absolute Gasteiger partial charge is 0.0620 e. The Morgan fingerprint density at radius 3 is 0.616 bits per heavy atom. The summed E-state index contributed by atoms with van der Waals surface area (Å²) in [4.78, 5) is 9.48. The lowest BCUT2D eigenvalue weighted by Gasteiger charge is -2.33. The van der Waals surface area contributed by atoms with Crippen molar-refractivity contribution in [2.24, 2.45) is 0 Å². The average molecular weight is 1100 g/mol. The van der Waals surface area contributed by atoms with Crippen LogP contribution >= 0.6 is 0 Å². The van der Waals surface area contributed by atoms with E-state index in [1.54, 1.807) is 0 Å². The van der Waals surface area contributed by atoms with Crippen molar-refractivity contribution in [2.75, 3.05) is 19.6 Å². The van der Waals surface area contributed by atoms with E-state index in [0.717, 1.165) is 112 Å². The molecule has 408 valence electrons. The van der Waals surface area contributed by atoms with Crippen LogP contribution in [0, 0.1) is 0 Å². The van der Waals surface area contributed by atoms with E-state index < -0.39 is 0 Å². The molecule has 4 nitrogen and oxygen atoms in total. The van der Waals surface area contributed by atoms with Crippen LogP contribution in [0.3, 0.4) is 0 Å². The summed E-state index contributed by atoms with van der Waals surface area (Å²) in [6.07, 6.45) is 8.80. The molecule has 0 amide bonds. The summed E-state index contributed by atoms with van der Waals surface area (Å²) in [5.74, 6) is 0. The summed E-state index contributed by atoms with van der Waals surface area (Å²) >= 11 is 0. The zero-order valence-corrected chi connectivity index (χ0v) is 47.4. The van der Waals surface area contributed by atoms with Gasteiger partial charge in [-0.25, -0.2) is 0 Å². The summed E-state index contributed by atoms with van der Waals surface area (Å²) in [6.45, 7) is 0. The lowest BCUT2D eigenvalue weighted by molar-refractivity contribution is 1.28. The quantitative estimate of drug-likeness (QED) is 0.0543. The molecule has 0 N–H and O–H groups in total. The van der Waals surface area contributed by atoms with Gasteiger partial charge in [-0.05, 0) is 166 Å². The Morgan fingerprint density at radius 2 is 0.360 bits per heavy atom. The molecule has 14 aromatic rings. The molecule has 0 aliphatic rings. The van der Waals surface area contributed by atoms with Crippen molar-refractivity contribution in [3.05, 3.63) is 362 Å². The lowest BCUT2D eigenvalue weighted by Crippen LogP contribution is -2.14. The second-order valence-corrected chi connectivity index (χ2v) is 21.4. The molecule has 14 aromatic carbocycles. The topological polar surface area (TPSA) is 13.0 Å². The fourth-order valence-corrected chi connectivity index (χ4v) is 11.8.